The quantitative estimate of drug-likeness (QED) is 0.867. The van der Waals surface area contributed by atoms with Crippen molar-refractivity contribution in [2.75, 3.05) is 20.1 Å². The van der Waals surface area contributed by atoms with Crippen molar-refractivity contribution in [3.63, 3.8) is 0 Å². The van der Waals surface area contributed by atoms with Gasteiger partial charge < -0.3 is 19.7 Å². The molecule has 3 rings (SSSR count). The van der Waals surface area contributed by atoms with Crippen molar-refractivity contribution in [3.8, 4) is 0 Å². The first-order chi connectivity index (χ1) is 11.5. The Balaban J connectivity index is 1.95. The van der Waals surface area contributed by atoms with E-state index in [2.05, 4.69) is 9.98 Å². The zero-order chi connectivity index (χ0) is 17.3. The van der Waals surface area contributed by atoms with Gasteiger partial charge in [0.05, 0.1) is 5.69 Å². The maximum Gasteiger partial charge on any atom is 0.407 e. The lowest BCUT2D eigenvalue weighted by atomic mass is 9.93. The number of piperidine rings is 1. The molecule has 2 aromatic heterocycles. The fraction of sp³-hybridized carbons (Fsp3) is 0.533. The Morgan fingerprint density at radius 3 is 2.71 bits per heavy atom. The molecule has 1 aliphatic heterocycles. The molecule has 3 heterocycles. The highest BCUT2D eigenvalue weighted by atomic mass is 32.1. The lowest BCUT2D eigenvalue weighted by Gasteiger charge is -2.30. The van der Waals surface area contributed by atoms with Gasteiger partial charge in [-0.15, -0.1) is 22.7 Å². The van der Waals surface area contributed by atoms with E-state index < -0.39 is 12.2 Å². The third kappa shape index (κ3) is 3.11. The number of rotatable bonds is 3. The summed E-state index contributed by atoms with van der Waals surface area (Å²) in [6.45, 7) is 1.04. The summed E-state index contributed by atoms with van der Waals surface area (Å²) in [4.78, 5) is 23.0. The van der Waals surface area contributed by atoms with E-state index in [1.54, 1.807) is 24.6 Å². The average Bonchev–Trinajstić information content (AvgIpc) is 3.22. The van der Waals surface area contributed by atoms with Gasteiger partial charge >= 0.3 is 6.09 Å². The normalized spacial score (nSPS) is 18.1. The summed E-state index contributed by atoms with van der Waals surface area (Å²) < 4.78 is 1.93. The van der Waals surface area contributed by atoms with Crippen LogP contribution in [0.2, 0.25) is 0 Å². The van der Waals surface area contributed by atoms with E-state index in [1.807, 2.05) is 17.0 Å². The first-order valence-electron chi connectivity index (χ1n) is 7.70. The first kappa shape index (κ1) is 17.1. The van der Waals surface area contributed by atoms with E-state index in [1.165, 1.54) is 16.2 Å². The molecule has 0 radical (unpaired) electrons. The fourth-order valence-electron chi connectivity index (χ4n) is 3.11. The summed E-state index contributed by atoms with van der Waals surface area (Å²) in [6, 6.07) is 0. The molecule has 7 nitrogen and oxygen atoms in total. The van der Waals surface area contributed by atoms with E-state index >= 15 is 0 Å². The van der Waals surface area contributed by atoms with Crippen LogP contribution in [-0.2, 0) is 7.05 Å². The van der Waals surface area contributed by atoms with Crippen molar-refractivity contribution in [2.24, 2.45) is 12.0 Å². The number of nitrogens with zero attached hydrogens (tertiary/aromatic N) is 4. The van der Waals surface area contributed by atoms with Gasteiger partial charge in [0.1, 0.15) is 11.1 Å². The zero-order valence-corrected chi connectivity index (χ0v) is 15.2. The standard InChI is InChI=1S/C15H20N4O3S2/c1-16-14-18(2)10(11(20)13-17-5-8-23-13)12(24-14)9-3-6-19(7-4-9)15(21)22/h5,8-9,11,20H,3-4,6-7H2,1-2H3,(H,21,22). The van der Waals surface area contributed by atoms with E-state index in [0.29, 0.717) is 18.1 Å². The largest absolute Gasteiger partial charge is 0.465 e. The van der Waals surface area contributed by atoms with Gasteiger partial charge in [-0.25, -0.2) is 9.78 Å². The second-order valence-electron chi connectivity index (χ2n) is 5.73. The van der Waals surface area contributed by atoms with E-state index in [4.69, 9.17) is 5.11 Å². The molecule has 0 spiro atoms. The topological polar surface area (TPSA) is 91.0 Å². The van der Waals surface area contributed by atoms with Crippen molar-refractivity contribution in [2.45, 2.75) is 24.9 Å². The minimum absolute atomic E-state index is 0.233. The number of amides is 1. The van der Waals surface area contributed by atoms with Crippen molar-refractivity contribution in [1.82, 2.24) is 14.5 Å². The van der Waals surface area contributed by atoms with Crippen LogP contribution >= 0.6 is 22.7 Å². The van der Waals surface area contributed by atoms with Crippen LogP contribution in [0.3, 0.4) is 0 Å². The van der Waals surface area contributed by atoms with Crippen molar-refractivity contribution in [3.05, 3.63) is 32.0 Å². The van der Waals surface area contributed by atoms with Gasteiger partial charge in [-0.05, 0) is 18.8 Å². The molecule has 0 aromatic carbocycles. The average molecular weight is 368 g/mol. The minimum atomic E-state index is -0.863. The van der Waals surface area contributed by atoms with Crippen LogP contribution in [0.5, 0.6) is 0 Å². The molecular weight excluding hydrogens is 348 g/mol. The maximum absolute atomic E-state index is 11.1. The Morgan fingerprint density at radius 1 is 1.46 bits per heavy atom. The summed E-state index contributed by atoms with van der Waals surface area (Å²) in [7, 11) is 3.64. The molecule has 2 N–H and O–H groups in total. The number of aliphatic hydroxyl groups excluding tert-OH is 1. The lowest BCUT2D eigenvalue weighted by Crippen LogP contribution is -2.36. The summed E-state index contributed by atoms with van der Waals surface area (Å²) in [6.07, 6.45) is 1.55. The van der Waals surface area contributed by atoms with Crippen LogP contribution in [-0.4, -0.2) is 50.9 Å². The molecule has 24 heavy (non-hydrogen) atoms. The van der Waals surface area contributed by atoms with Crippen LogP contribution < -0.4 is 4.80 Å². The van der Waals surface area contributed by atoms with Gasteiger partial charge in [-0.2, -0.15) is 0 Å². The molecule has 1 fully saturated rings. The number of likely N-dealkylation sites (tertiary alicyclic amines) is 1. The van der Waals surface area contributed by atoms with Gasteiger partial charge in [0, 0.05) is 43.6 Å². The summed E-state index contributed by atoms with van der Waals surface area (Å²) in [5.74, 6) is 0.233. The van der Waals surface area contributed by atoms with Crippen molar-refractivity contribution in [1.29, 1.82) is 0 Å². The van der Waals surface area contributed by atoms with Gasteiger partial charge in [0.25, 0.3) is 0 Å². The number of carboxylic acid groups (broad SMARTS) is 1. The molecule has 1 unspecified atom stereocenters. The monoisotopic (exact) mass is 368 g/mol. The molecule has 9 heteroatoms. The number of aromatic nitrogens is 2. The molecule has 1 saturated heterocycles. The van der Waals surface area contributed by atoms with Crippen LogP contribution in [0.15, 0.2) is 16.6 Å². The maximum atomic E-state index is 11.1. The zero-order valence-electron chi connectivity index (χ0n) is 13.5. The highest BCUT2D eigenvalue weighted by molar-refractivity contribution is 7.10. The molecule has 1 atom stereocenters. The second kappa shape index (κ2) is 7.04. The Hall–Kier alpha value is -1.71. The van der Waals surface area contributed by atoms with Gasteiger partial charge in [0.2, 0.25) is 0 Å². The molecule has 0 bridgehead atoms. The summed E-state index contributed by atoms with van der Waals surface area (Å²) >= 11 is 3.00. The van der Waals surface area contributed by atoms with Crippen LogP contribution in [0.1, 0.15) is 40.4 Å². The predicted molar refractivity (Wildman–Crippen MR) is 92.5 cm³/mol. The van der Waals surface area contributed by atoms with E-state index in [0.717, 1.165) is 28.2 Å². The SMILES string of the molecule is CN=c1sc(C2CCN(C(=O)O)CC2)c(C(O)c2nccs2)n1C. The number of hydrogen-bond acceptors (Lipinski definition) is 6. The second-order valence-corrected chi connectivity index (χ2v) is 7.67. The van der Waals surface area contributed by atoms with Gasteiger partial charge in [-0.1, -0.05) is 0 Å². The highest BCUT2D eigenvalue weighted by Crippen LogP contribution is 2.37. The number of aliphatic hydroxyl groups is 1. The summed E-state index contributed by atoms with van der Waals surface area (Å²) in [5, 5.41) is 22.4. The van der Waals surface area contributed by atoms with Crippen LogP contribution in [0, 0.1) is 0 Å². The lowest BCUT2D eigenvalue weighted by molar-refractivity contribution is 0.131. The Bertz CT molecular complexity index is 773. The smallest absolute Gasteiger partial charge is 0.407 e. The number of hydrogen-bond donors (Lipinski definition) is 2. The Morgan fingerprint density at radius 2 is 2.17 bits per heavy atom. The predicted octanol–water partition coefficient (Wildman–Crippen LogP) is 2.01. The molecule has 0 aliphatic carbocycles. The fourth-order valence-corrected chi connectivity index (χ4v) is 5.02. The Kier molecular flexibility index (Phi) is 5.02. The third-order valence-electron chi connectivity index (χ3n) is 4.37. The van der Waals surface area contributed by atoms with Crippen molar-refractivity contribution >= 4 is 28.8 Å². The highest BCUT2D eigenvalue weighted by Gasteiger charge is 2.30. The molecule has 0 saturated carbocycles. The van der Waals surface area contributed by atoms with Crippen LogP contribution in [0.4, 0.5) is 4.79 Å². The minimum Gasteiger partial charge on any atom is -0.465 e. The molecule has 1 aliphatic rings. The molecule has 1 amide bonds. The molecule has 130 valence electrons. The molecular formula is C15H20N4O3S2. The third-order valence-corrected chi connectivity index (χ3v) is 6.60. The van der Waals surface area contributed by atoms with Gasteiger partial charge in [-0.3, -0.25) is 4.99 Å². The Labute approximate surface area is 147 Å². The first-order valence-corrected chi connectivity index (χ1v) is 9.40. The number of thiazole rings is 2. The van der Waals surface area contributed by atoms with E-state index in [9.17, 15) is 9.90 Å². The van der Waals surface area contributed by atoms with Gasteiger partial charge in [0.15, 0.2) is 4.80 Å². The number of carbonyl (C=O) groups is 1. The van der Waals surface area contributed by atoms with E-state index in [-0.39, 0.29) is 5.92 Å². The molecule has 2 aromatic rings. The summed E-state index contributed by atoms with van der Waals surface area (Å²) in [5.41, 5.74) is 0.823. The van der Waals surface area contributed by atoms with Crippen molar-refractivity contribution < 1.29 is 15.0 Å². The van der Waals surface area contributed by atoms with Crippen LogP contribution in [0.25, 0.3) is 0 Å².